The lowest BCUT2D eigenvalue weighted by Gasteiger charge is -2.31. The van der Waals surface area contributed by atoms with Gasteiger partial charge < -0.3 is 19.9 Å². The van der Waals surface area contributed by atoms with Crippen molar-refractivity contribution in [1.82, 2.24) is 0 Å². The Morgan fingerprint density at radius 2 is 2.12 bits per heavy atom. The van der Waals surface area contributed by atoms with E-state index in [-0.39, 0.29) is 17.8 Å². The van der Waals surface area contributed by atoms with Crippen molar-refractivity contribution in [2.75, 3.05) is 51.7 Å². The van der Waals surface area contributed by atoms with Crippen LogP contribution in [0.1, 0.15) is 13.8 Å². The first kappa shape index (κ1) is 18.8. The molecule has 1 aromatic rings. The molecule has 1 fully saturated rings. The molecule has 2 unspecified atom stereocenters. The van der Waals surface area contributed by atoms with Crippen molar-refractivity contribution in [3.05, 3.63) is 30.1 Å². The lowest BCUT2D eigenvalue weighted by Crippen LogP contribution is -3.18. The standard InChI is InChI=1S/C18H28FN3O2/c1-14(2)10-22-8-9-24-17(12-22)11-21(3)13-18(23)20-16-6-4-15(19)5-7-16/h4-7,14,17H,8-13H2,1-3H3,(H,20,23)/p+2/t17-/m0/s1. The highest BCUT2D eigenvalue weighted by atomic mass is 19.1. The topological polar surface area (TPSA) is 47.2 Å². The van der Waals surface area contributed by atoms with E-state index < -0.39 is 0 Å². The smallest absolute Gasteiger partial charge is 0.279 e. The average molecular weight is 339 g/mol. The predicted octanol–water partition coefficient (Wildman–Crippen LogP) is -0.781. The van der Waals surface area contributed by atoms with Crippen LogP contribution in [0, 0.1) is 11.7 Å². The van der Waals surface area contributed by atoms with Crippen LogP contribution in [0.4, 0.5) is 10.1 Å². The summed E-state index contributed by atoms with van der Waals surface area (Å²) < 4.78 is 18.7. The Labute approximate surface area is 143 Å². The van der Waals surface area contributed by atoms with Gasteiger partial charge in [-0.05, 0) is 24.3 Å². The normalized spacial score (nSPS) is 22.4. The molecule has 1 aliphatic rings. The number of quaternary nitrogens is 2. The van der Waals surface area contributed by atoms with Gasteiger partial charge in [0.25, 0.3) is 5.91 Å². The minimum atomic E-state index is -0.307. The van der Waals surface area contributed by atoms with E-state index in [1.807, 2.05) is 7.05 Å². The molecule has 134 valence electrons. The zero-order valence-electron chi connectivity index (χ0n) is 14.9. The molecule has 6 heteroatoms. The molecule has 0 bridgehead atoms. The Kier molecular flexibility index (Phi) is 7.15. The quantitative estimate of drug-likeness (QED) is 0.610. The Balaban J connectivity index is 1.74. The number of hydrogen-bond acceptors (Lipinski definition) is 2. The van der Waals surface area contributed by atoms with Crippen LogP contribution in [0.25, 0.3) is 0 Å². The van der Waals surface area contributed by atoms with Crippen LogP contribution in [0.5, 0.6) is 0 Å². The number of nitrogens with one attached hydrogen (secondary N) is 3. The average Bonchev–Trinajstić information content (AvgIpc) is 2.49. The van der Waals surface area contributed by atoms with Crippen molar-refractivity contribution in [2.24, 2.45) is 5.92 Å². The fraction of sp³-hybridized carbons (Fsp3) is 0.611. The van der Waals surface area contributed by atoms with Gasteiger partial charge in [-0.3, -0.25) is 4.79 Å². The number of carbonyl (C=O) groups is 1. The molecule has 1 heterocycles. The number of rotatable bonds is 7. The number of carbonyl (C=O) groups excluding carboxylic acids is 1. The highest BCUT2D eigenvalue weighted by molar-refractivity contribution is 5.91. The molecular weight excluding hydrogens is 309 g/mol. The molecule has 1 aliphatic heterocycles. The molecule has 0 saturated carbocycles. The van der Waals surface area contributed by atoms with Gasteiger partial charge in [0, 0.05) is 11.6 Å². The van der Waals surface area contributed by atoms with Crippen molar-refractivity contribution in [1.29, 1.82) is 0 Å². The van der Waals surface area contributed by atoms with Crippen LogP contribution < -0.4 is 15.1 Å². The van der Waals surface area contributed by atoms with Gasteiger partial charge >= 0.3 is 0 Å². The summed E-state index contributed by atoms with van der Waals surface area (Å²) in [5, 5.41) is 2.80. The molecule has 1 amide bonds. The van der Waals surface area contributed by atoms with Gasteiger partial charge in [0.15, 0.2) is 12.6 Å². The number of morpholine rings is 1. The maximum absolute atomic E-state index is 12.9. The van der Waals surface area contributed by atoms with E-state index in [0.717, 1.165) is 31.1 Å². The first-order valence-electron chi connectivity index (χ1n) is 8.74. The second-order valence-corrected chi connectivity index (χ2v) is 7.19. The van der Waals surface area contributed by atoms with Gasteiger partial charge in [-0.15, -0.1) is 0 Å². The first-order chi connectivity index (χ1) is 11.4. The highest BCUT2D eigenvalue weighted by Crippen LogP contribution is 2.07. The van der Waals surface area contributed by atoms with Crippen molar-refractivity contribution in [2.45, 2.75) is 20.0 Å². The Bertz CT molecular complexity index is 522. The number of anilines is 1. The van der Waals surface area contributed by atoms with Gasteiger partial charge in [0.05, 0.1) is 20.2 Å². The molecule has 1 saturated heterocycles. The molecule has 2 rings (SSSR count). The van der Waals surface area contributed by atoms with Crippen LogP contribution in [-0.2, 0) is 9.53 Å². The number of amides is 1. The maximum Gasteiger partial charge on any atom is 0.279 e. The van der Waals surface area contributed by atoms with Gasteiger partial charge in [-0.25, -0.2) is 4.39 Å². The minimum Gasteiger partial charge on any atom is -0.361 e. The Morgan fingerprint density at radius 3 is 2.79 bits per heavy atom. The van der Waals surface area contributed by atoms with Crippen molar-refractivity contribution >= 4 is 11.6 Å². The van der Waals surface area contributed by atoms with Crippen LogP contribution in [-0.4, -0.2) is 58.4 Å². The number of hydrogen-bond donors (Lipinski definition) is 3. The molecule has 0 aromatic heterocycles. The summed E-state index contributed by atoms with van der Waals surface area (Å²) in [4.78, 5) is 14.8. The molecule has 3 atom stereocenters. The highest BCUT2D eigenvalue weighted by Gasteiger charge is 2.27. The summed E-state index contributed by atoms with van der Waals surface area (Å²) in [6, 6.07) is 5.82. The molecule has 5 nitrogen and oxygen atoms in total. The zero-order chi connectivity index (χ0) is 17.5. The number of benzene rings is 1. The minimum absolute atomic E-state index is 0.0682. The molecule has 3 N–H and O–H groups in total. The van der Waals surface area contributed by atoms with Crippen molar-refractivity contribution in [3.8, 4) is 0 Å². The Hall–Kier alpha value is -1.50. The molecule has 0 spiro atoms. The summed E-state index contributed by atoms with van der Waals surface area (Å²) in [5.41, 5.74) is 0.621. The SMILES string of the molecule is CC(C)C[NH+]1CCO[C@@H](C[NH+](C)CC(=O)Nc2ccc(F)cc2)C1. The third-order valence-corrected chi connectivity index (χ3v) is 4.19. The Morgan fingerprint density at radius 1 is 1.42 bits per heavy atom. The number of ether oxygens (including phenoxy) is 1. The van der Waals surface area contributed by atoms with E-state index in [1.54, 1.807) is 17.0 Å². The number of halogens is 1. The largest absolute Gasteiger partial charge is 0.361 e. The molecule has 24 heavy (non-hydrogen) atoms. The third kappa shape index (κ3) is 6.55. The molecule has 0 radical (unpaired) electrons. The summed E-state index contributed by atoms with van der Waals surface area (Å²) in [6.45, 7) is 9.72. The lowest BCUT2D eigenvalue weighted by molar-refractivity contribution is -0.926. The van der Waals surface area contributed by atoms with Gasteiger partial charge in [0.1, 0.15) is 25.5 Å². The number of likely N-dealkylation sites (N-methyl/N-ethyl adjacent to an activating group) is 1. The van der Waals surface area contributed by atoms with Gasteiger partial charge in [-0.2, -0.15) is 0 Å². The summed E-state index contributed by atoms with van der Waals surface area (Å²) in [6.07, 6.45) is 0.200. The van der Waals surface area contributed by atoms with Crippen molar-refractivity contribution < 1.29 is 23.7 Å². The lowest BCUT2D eigenvalue weighted by atomic mass is 10.1. The van der Waals surface area contributed by atoms with E-state index in [0.29, 0.717) is 18.2 Å². The first-order valence-corrected chi connectivity index (χ1v) is 8.74. The second kappa shape index (κ2) is 9.11. The molecule has 1 aromatic carbocycles. The predicted molar refractivity (Wildman–Crippen MR) is 91.8 cm³/mol. The molecular formula is C18H30FN3O2+2. The second-order valence-electron chi connectivity index (χ2n) is 7.19. The van der Waals surface area contributed by atoms with Crippen molar-refractivity contribution in [3.63, 3.8) is 0 Å². The van der Waals surface area contributed by atoms with Crippen LogP contribution in [0.15, 0.2) is 24.3 Å². The zero-order valence-corrected chi connectivity index (χ0v) is 14.9. The van der Waals surface area contributed by atoms with Gasteiger partial charge in [0.2, 0.25) is 0 Å². The van der Waals surface area contributed by atoms with E-state index in [1.165, 1.54) is 18.7 Å². The van der Waals surface area contributed by atoms with Crippen LogP contribution in [0.2, 0.25) is 0 Å². The fourth-order valence-corrected chi connectivity index (χ4v) is 3.22. The summed E-state index contributed by atoms with van der Waals surface area (Å²) in [5.74, 6) is 0.310. The third-order valence-electron chi connectivity index (χ3n) is 4.19. The maximum atomic E-state index is 12.9. The summed E-state index contributed by atoms with van der Waals surface area (Å²) in [7, 11) is 2.00. The van der Waals surface area contributed by atoms with E-state index in [4.69, 9.17) is 4.74 Å². The van der Waals surface area contributed by atoms with E-state index in [2.05, 4.69) is 19.2 Å². The van der Waals surface area contributed by atoms with Gasteiger partial charge in [-0.1, -0.05) is 13.8 Å². The molecule has 0 aliphatic carbocycles. The fourth-order valence-electron chi connectivity index (χ4n) is 3.22. The van der Waals surface area contributed by atoms with Crippen LogP contribution in [0.3, 0.4) is 0 Å². The van der Waals surface area contributed by atoms with E-state index >= 15 is 0 Å². The summed E-state index contributed by atoms with van der Waals surface area (Å²) >= 11 is 0. The van der Waals surface area contributed by atoms with Crippen LogP contribution >= 0.6 is 0 Å². The monoisotopic (exact) mass is 339 g/mol. The van der Waals surface area contributed by atoms with E-state index in [9.17, 15) is 9.18 Å².